The molecule has 0 spiro atoms. The molecule has 2 aliphatic carbocycles. The first-order chi connectivity index (χ1) is 29.0. The molecule has 0 aliphatic heterocycles. The largest absolute Gasteiger partial charge is 0.305 e. The normalized spacial score (nSPS) is 15.0. The molecule has 6 heteroatoms. The van der Waals surface area contributed by atoms with Crippen LogP contribution in [0.15, 0.2) is 122 Å². The average molecular weight is 1020 g/mol. The summed E-state index contributed by atoms with van der Waals surface area (Å²) in [4.78, 5) is 9.58. The van der Waals surface area contributed by atoms with Crippen molar-refractivity contribution in [3.05, 3.63) is 151 Å². The molecule has 313 valence electrons. The topological polar surface area (TPSA) is 25.8 Å². The van der Waals surface area contributed by atoms with E-state index in [-0.39, 0.29) is 31.3 Å². The van der Waals surface area contributed by atoms with E-state index in [2.05, 4.69) is 117 Å². The van der Waals surface area contributed by atoms with Crippen LogP contribution in [0.2, 0.25) is 19.6 Å². The SMILES string of the molecule is CC(C)(c1ccnc(-c2[c-]cc3sc4cc(-c5ccccc5)cc(F)c4c3c2)c1)C1CCCC1.C[Si](C)(C)c1cnc(-c2[c-]ccc3ccccc23)cc1CC1CCCC1.[Ir]. The van der Waals surface area contributed by atoms with Gasteiger partial charge in [-0.2, -0.15) is 11.3 Å². The van der Waals surface area contributed by atoms with Gasteiger partial charge in [-0.05, 0) is 92.7 Å². The minimum absolute atomic E-state index is 0. The molecular weight excluding hydrogens is 960 g/mol. The molecule has 0 unspecified atom stereocenters. The van der Waals surface area contributed by atoms with Gasteiger partial charge in [0.25, 0.3) is 0 Å². The van der Waals surface area contributed by atoms with Crippen molar-refractivity contribution in [2.45, 2.75) is 96.7 Å². The van der Waals surface area contributed by atoms with E-state index in [9.17, 15) is 0 Å². The van der Waals surface area contributed by atoms with E-state index in [1.165, 1.54) is 79.3 Å². The van der Waals surface area contributed by atoms with Crippen LogP contribution in [0, 0.1) is 29.8 Å². The van der Waals surface area contributed by atoms with Crippen LogP contribution in [0.1, 0.15) is 76.3 Å². The summed E-state index contributed by atoms with van der Waals surface area (Å²) in [6.45, 7) is 12.0. The van der Waals surface area contributed by atoms with Gasteiger partial charge in [0.05, 0.1) is 8.07 Å². The van der Waals surface area contributed by atoms with Crippen LogP contribution in [0.4, 0.5) is 4.39 Å². The van der Waals surface area contributed by atoms with E-state index in [0.717, 1.165) is 54.3 Å². The van der Waals surface area contributed by atoms with Crippen LogP contribution >= 0.6 is 11.3 Å². The molecule has 3 heterocycles. The molecule has 0 saturated heterocycles. The molecule has 2 aliphatic rings. The molecule has 10 rings (SSSR count). The standard InChI is InChI=1S/C31H27FNS.C24H28NSi.Ir/c1-31(2,23-10-6-7-11-23)24-14-15-33-27(19-24)21-12-13-28-25(16-21)30-26(32)17-22(18-29(30)34-28)20-8-4-3-5-9-20;1-26(2,3)24-17-25-23(16-20(24)15-18-9-4-5-10-18)22-14-8-12-19-11-6-7-13-21(19)22;/h3-5,8-9,13-19,23H,6-7,10-11H2,1-2H3;6-8,11-13,16-18H,4-5,9-10,15H2,1-3H3;/q2*-1;. The zero-order chi connectivity index (χ0) is 41.4. The van der Waals surface area contributed by atoms with E-state index in [1.54, 1.807) is 23.0 Å². The summed E-state index contributed by atoms with van der Waals surface area (Å²) in [7, 11) is -1.40. The fourth-order valence-corrected chi connectivity index (χ4v) is 12.7. The Hall–Kier alpha value is -4.32. The number of halogens is 1. The van der Waals surface area contributed by atoms with Gasteiger partial charge in [0.1, 0.15) is 5.82 Å². The minimum Gasteiger partial charge on any atom is -0.305 e. The van der Waals surface area contributed by atoms with Gasteiger partial charge in [0.2, 0.25) is 0 Å². The van der Waals surface area contributed by atoms with Crippen LogP contribution in [0.5, 0.6) is 0 Å². The summed E-state index contributed by atoms with van der Waals surface area (Å²) in [6, 6.07) is 44.2. The van der Waals surface area contributed by atoms with Gasteiger partial charge in [-0.1, -0.05) is 155 Å². The fraction of sp³-hybridized carbons (Fsp3) is 0.309. The van der Waals surface area contributed by atoms with Gasteiger partial charge in [-0.3, -0.25) is 0 Å². The summed E-state index contributed by atoms with van der Waals surface area (Å²) in [6.07, 6.45) is 16.2. The number of aromatic nitrogens is 2. The second-order valence-corrected chi connectivity index (χ2v) is 25.0. The van der Waals surface area contributed by atoms with Gasteiger partial charge in [-0.15, -0.1) is 52.9 Å². The summed E-state index contributed by atoms with van der Waals surface area (Å²) in [5.74, 6) is 1.39. The Morgan fingerprint density at radius 2 is 1.48 bits per heavy atom. The number of thiophene rings is 1. The van der Waals surface area contributed by atoms with Crippen molar-refractivity contribution in [3.63, 3.8) is 0 Å². The van der Waals surface area contributed by atoms with Crippen molar-refractivity contribution in [2.75, 3.05) is 0 Å². The number of fused-ring (bicyclic) bond motifs is 4. The van der Waals surface area contributed by atoms with Crippen LogP contribution in [0.3, 0.4) is 0 Å². The Labute approximate surface area is 380 Å². The smallest absolute Gasteiger partial charge is 0.131 e. The molecule has 0 atom stereocenters. The first-order valence-corrected chi connectivity index (χ1v) is 26.3. The molecular formula is C55H55FIrN2SSi-2. The van der Waals surface area contributed by atoms with Crippen molar-refractivity contribution in [2.24, 2.45) is 11.8 Å². The monoisotopic (exact) mass is 1020 g/mol. The predicted molar refractivity (Wildman–Crippen MR) is 256 cm³/mol. The van der Waals surface area contributed by atoms with Gasteiger partial charge in [-0.25, -0.2) is 4.39 Å². The Morgan fingerprint density at radius 3 is 2.25 bits per heavy atom. The Bertz CT molecular complexity index is 2790. The van der Waals surface area contributed by atoms with Crippen LogP contribution in [-0.2, 0) is 31.9 Å². The molecule has 3 aromatic heterocycles. The number of rotatable bonds is 8. The zero-order valence-corrected chi connectivity index (χ0v) is 40.3. The summed E-state index contributed by atoms with van der Waals surface area (Å²) < 4.78 is 17.4. The van der Waals surface area contributed by atoms with Crippen molar-refractivity contribution in [1.82, 2.24) is 9.97 Å². The number of benzene rings is 5. The second kappa shape index (κ2) is 18.2. The Morgan fingerprint density at radius 1 is 0.738 bits per heavy atom. The predicted octanol–water partition coefficient (Wildman–Crippen LogP) is 15.2. The molecule has 0 bridgehead atoms. The number of hydrogen-bond donors (Lipinski definition) is 0. The van der Waals surface area contributed by atoms with Crippen LogP contribution in [0.25, 0.3) is 64.6 Å². The van der Waals surface area contributed by atoms with Crippen molar-refractivity contribution >= 4 is 55.5 Å². The van der Waals surface area contributed by atoms with Gasteiger partial charge in [0.15, 0.2) is 0 Å². The number of hydrogen-bond acceptors (Lipinski definition) is 3. The molecule has 5 aromatic carbocycles. The number of pyridine rings is 2. The minimum atomic E-state index is -1.40. The van der Waals surface area contributed by atoms with E-state index in [1.807, 2.05) is 48.7 Å². The molecule has 1 radical (unpaired) electrons. The molecule has 2 nitrogen and oxygen atoms in total. The quantitative estimate of drug-likeness (QED) is 0.112. The zero-order valence-electron chi connectivity index (χ0n) is 36.1. The van der Waals surface area contributed by atoms with E-state index < -0.39 is 8.07 Å². The molecule has 0 N–H and O–H groups in total. The summed E-state index contributed by atoms with van der Waals surface area (Å²) >= 11 is 1.62. The van der Waals surface area contributed by atoms with Gasteiger partial charge < -0.3 is 9.97 Å². The first-order valence-electron chi connectivity index (χ1n) is 22.0. The third-order valence-corrected chi connectivity index (χ3v) is 16.6. The third kappa shape index (κ3) is 9.11. The van der Waals surface area contributed by atoms with Crippen molar-refractivity contribution in [3.8, 4) is 33.6 Å². The molecule has 2 saturated carbocycles. The van der Waals surface area contributed by atoms with Crippen molar-refractivity contribution in [1.29, 1.82) is 0 Å². The fourth-order valence-electron chi connectivity index (χ4n) is 9.98. The van der Waals surface area contributed by atoms with E-state index >= 15 is 4.39 Å². The number of nitrogens with zero attached hydrogens (tertiary/aromatic N) is 2. The Kier molecular flexibility index (Phi) is 12.9. The van der Waals surface area contributed by atoms with E-state index in [0.29, 0.717) is 11.3 Å². The summed E-state index contributed by atoms with van der Waals surface area (Å²) in [5, 5.41) is 5.67. The average Bonchev–Trinajstić information content (AvgIpc) is 4.06. The molecule has 8 aromatic rings. The molecule has 0 amide bonds. The van der Waals surface area contributed by atoms with Crippen LogP contribution in [-0.4, -0.2) is 18.0 Å². The van der Waals surface area contributed by atoms with E-state index in [4.69, 9.17) is 4.98 Å². The maximum absolute atomic E-state index is 15.4. The van der Waals surface area contributed by atoms with Crippen LogP contribution < -0.4 is 5.19 Å². The summed E-state index contributed by atoms with van der Waals surface area (Å²) in [5.41, 5.74) is 8.97. The maximum atomic E-state index is 15.4. The maximum Gasteiger partial charge on any atom is 0.131 e. The Balaban J connectivity index is 0.000000172. The first kappa shape index (κ1) is 43.3. The molecule has 2 fully saturated rings. The van der Waals surface area contributed by atoms with Gasteiger partial charge in [0, 0.05) is 42.6 Å². The van der Waals surface area contributed by atoms with Gasteiger partial charge >= 0.3 is 0 Å². The second-order valence-electron chi connectivity index (χ2n) is 18.8. The van der Waals surface area contributed by atoms with Crippen molar-refractivity contribution < 1.29 is 24.5 Å². The third-order valence-electron chi connectivity index (χ3n) is 13.5. The molecule has 61 heavy (non-hydrogen) atoms.